The fraction of sp³-hybridized carbons (Fsp3) is 0.238. The number of anilines is 1. The minimum atomic E-state index is -0.694. The van der Waals surface area contributed by atoms with Crippen LogP contribution < -0.4 is 10.1 Å². The number of carbonyl (C=O) groups excluding carboxylic acids is 4. The average molecular weight is 394 g/mol. The van der Waals surface area contributed by atoms with Crippen LogP contribution in [0.15, 0.2) is 42.5 Å². The molecule has 0 radical (unpaired) electrons. The van der Waals surface area contributed by atoms with Gasteiger partial charge >= 0.3 is 5.97 Å². The maximum atomic E-state index is 12.2. The molecule has 8 heteroatoms. The molecular formula is C21H18N2O6. The van der Waals surface area contributed by atoms with Gasteiger partial charge in [0, 0.05) is 18.2 Å². The first-order valence-corrected chi connectivity index (χ1v) is 9.27. The van der Waals surface area contributed by atoms with Crippen molar-refractivity contribution in [1.82, 2.24) is 5.06 Å². The third-order valence-corrected chi connectivity index (χ3v) is 4.72. The number of ether oxygens (including phenoxy) is 1. The predicted octanol–water partition coefficient (Wildman–Crippen LogP) is 2.48. The minimum Gasteiger partial charge on any atom is -0.494 e. The van der Waals surface area contributed by atoms with E-state index < -0.39 is 17.8 Å². The van der Waals surface area contributed by atoms with Gasteiger partial charge in [0.15, 0.2) is 0 Å². The van der Waals surface area contributed by atoms with Gasteiger partial charge in [0.2, 0.25) is 5.91 Å². The van der Waals surface area contributed by atoms with E-state index in [2.05, 4.69) is 5.32 Å². The predicted molar refractivity (Wildman–Crippen MR) is 101 cm³/mol. The monoisotopic (exact) mass is 394 g/mol. The molecule has 0 atom stereocenters. The molecule has 0 saturated carbocycles. The van der Waals surface area contributed by atoms with Crippen LogP contribution in [0.1, 0.15) is 45.5 Å². The highest BCUT2D eigenvalue weighted by Crippen LogP contribution is 2.27. The number of aryl methyl sites for hydroxylation is 1. The lowest BCUT2D eigenvalue weighted by Crippen LogP contribution is -2.32. The van der Waals surface area contributed by atoms with Gasteiger partial charge in [0.1, 0.15) is 5.75 Å². The number of imide groups is 1. The van der Waals surface area contributed by atoms with Crippen LogP contribution >= 0.6 is 0 Å². The van der Waals surface area contributed by atoms with Crippen LogP contribution in [-0.2, 0) is 20.8 Å². The molecule has 4 rings (SSSR count). The lowest BCUT2D eigenvalue weighted by Gasteiger charge is -2.17. The van der Waals surface area contributed by atoms with E-state index in [-0.39, 0.29) is 30.1 Å². The third kappa shape index (κ3) is 3.82. The highest BCUT2D eigenvalue weighted by atomic mass is 16.7. The second-order valence-electron chi connectivity index (χ2n) is 6.73. The molecule has 3 amide bonds. The normalized spacial score (nSPS) is 14.9. The number of hydrogen-bond donors (Lipinski definition) is 1. The van der Waals surface area contributed by atoms with Crippen molar-refractivity contribution < 1.29 is 28.8 Å². The molecule has 0 unspecified atom stereocenters. The minimum absolute atomic E-state index is 0.0188. The Bertz CT molecular complexity index is 981. The van der Waals surface area contributed by atoms with Gasteiger partial charge < -0.3 is 14.9 Å². The lowest BCUT2D eigenvalue weighted by atomic mass is 10.0. The molecule has 2 aliphatic heterocycles. The Hall–Kier alpha value is -3.68. The summed E-state index contributed by atoms with van der Waals surface area (Å²) < 4.78 is 5.61. The number of rotatable bonds is 6. The molecule has 0 bridgehead atoms. The Labute approximate surface area is 166 Å². The van der Waals surface area contributed by atoms with Crippen LogP contribution in [0.5, 0.6) is 5.75 Å². The third-order valence-electron chi connectivity index (χ3n) is 4.72. The lowest BCUT2D eigenvalue weighted by molar-refractivity contribution is -0.168. The Morgan fingerprint density at radius 3 is 2.45 bits per heavy atom. The Kier molecular flexibility index (Phi) is 4.99. The quantitative estimate of drug-likeness (QED) is 0.597. The number of hydroxylamine groups is 2. The molecule has 0 aliphatic carbocycles. The van der Waals surface area contributed by atoms with Gasteiger partial charge in [-0.2, -0.15) is 0 Å². The van der Waals surface area contributed by atoms with Crippen molar-refractivity contribution in [3.8, 4) is 5.75 Å². The first-order valence-electron chi connectivity index (χ1n) is 9.27. The van der Waals surface area contributed by atoms with Crippen molar-refractivity contribution in [2.45, 2.75) is 25.7 Å². The van der Waals surface area contributed by atoms with Gasteiger partial charge in [-0.05, 0) is 36.6 Å². The fourth-order valence-corrected chi connectivity index (χ4v) is 3.24. The summed E-state index contributed by atoms with van der Waals surface area (Å²) in [6.45, 7) is 0.240. The molecule has 8 nitrogen and oxygen atoms in total. The standard InChI is InChI=1S/C21H18N2O6/c24-18-10-8-13-7-9-14(12-17(13)22-18)28-11-3-6-19(25)29-23-20(26)15-4-1-2-5-16(15)21(23)27/h1-2,4-5,7,9,12H,3,6,8,10-11H2,(H,22,24). The van der Waals surface area contributed by atoms with Crippen LogP contribution in [0, 0.1) is 0 Å². The number of hydrogen-bond acceptors (Lipinski definition) is 6. The maximum Gasteiger partial charge on any atom is 0.333 e. The van der Waals surface area contributed by atoms with Crippen LogP contribution in [0.4, 0.5) is 5.69 Å². The van der Waals surface area contributed by atoms with Crippen LogP contribution in [0.2, 0.25) is 0 Å². The van der Waals surface area contributed by atoms with Crippen molar-refractivity contribution >= 4 is 29.4 Å². The van der Waals surface area contributed by atoms with Gasteiger partial charge in [-0.15, -0.1) is 0 Å². The molecule has 2 aliphatic rings. The van der Waals surface area contributed by atoms with Gasteiger partial charge in [-0.25, -0.2) is 4.79 Å². The summed E-state index contributed by atoms with van der Waals surface area (Å²) in [5.41, 5.74) is 2.23. The van der Waals surface area contributed by atoms with E-state index in [4.69, 9.17) is 9.57 Å². The van der Waals surface area contributed by atoms with E-state index in [1.54, 1.807) is 18.2 Å². The van der Waals surface area contributed by atoms with E-state index in [0.717, 1.165) is 11.3 Å². The molecule has 0 fully saturated rings. The average Bonchev–Trinajstić information content (AvgIpc) is 2.96. The summed E-state index contributed by atoms with van der Waals surface area (Å²) in [4.78, 5) is 52.8. The molecule has 2 aromatic rings. The molecule has 2 aromatic carbocycles. The first kappa shape index (κ1) is 18.7. The number of amides is 3. The highest BCUT2D eigenvalue weighted by Gasteiger charge is 2.38. The number of benzene rings is 2. The largest absolute Gasteiger partial charge is 0.494 e. The summed E-state index contributed by atoms with van der Waals surface area (Å²) in [5, 5.41) is 3.30. The van der Waals surface area contributed by atoms with E-state index in [9.17, 15) is 19.2 Å². The van der Waals surface area contributed by atoms with E-state index in [1.165, 1.54) is 12.1 Å². The van der Waals surface area contributed by atoms with Crippen molar-refractivity contribution in [2.24, 2.45) is 0 Å². The van der Waals surface area contributed by atoms with Crippen molar-refractivity contribution in [2.75, 3.05) is 11.9 Å². The van der Waals surface area contributed by atoms with E-state index >= 15 is 0 Å². The summed E-state index contributed by atoms with van der Waals surface area (Å²) in [5.74, 6) is -1.43. The number of fused-ring (bicyclic) bond motifs is 2. The first-order chi connectivity index (χ1) is 14.0. The zero-order valence-electron chi connectivity index (χ0n) is 15.5. The highest BCUT2D eigenvalue weighted by molar-refractivity contribution is 6.20. The maximum absolute atomic E-state index is 12.2. The smallest absolute Gasteiger partial charge is 0.333 e. The van der Waals surface area contributed by atoms with Gasteiger partial charge in [-0.1, -0.05) is 23.3 Å². The summed E-state index contributed by atoms with van der Waals surface area (Å²) >= 11 is 0. The number of nitrogens with one attached hydrogen (secondary N) is 1. The van der Waals surface area contributed by atoms with E-state index in [0.29, 0.717) is 30.1 Å². The Morgan fingerprint density at radius 1 is 1.00 bits per heavy atom. The molecule has 29 heavy (non-hydrogen) atoms. The molecule has 2 heterocycles. The van der Waals surface area contributed by atoms with Crippen molar-refractivity contribution in [1.29, 1.82) is 0 Å². The van der Waals surface area contributed by atoms with Crippen LogP contribution in [0.25, 0.3) is 0 Å². The summed E-state index contributed by atoms with van der Waals surface area (Å²) in [6.07, 6.45) is 1.49. The van der Waals surface area contributed by atoms with Crippen molar-refractivity contribution in [3.05, 3.63) is 59.2 Å². The molecule has 0 saturated heterocycles. The number of carbonyl (C=O) groups is 4. The SMILES string of the molecule is O=C1CCc2ccc(OCCCC(=O)ON3C(=O)c4ccccc4C3=O)cc2N1. The Morgan fingerprint density at radius 2 is 1.72 bits per heavy atom. The molecule has 148 valence electrons. The van der Waals surface area contributed by atoms with Gasteiger partial charge in [0.25, 0.3) is 11.8 Å². The zero-order valence-corrected chi connectivity index (χ0v) is 15.5. The van der Waals surface area contributed by atoms with Crippen LogP contribution in [-0.4, -0.2) is 35.4 Å². The fourth-order valence-electron chi connectivity index (χ4n) is 3.24. The Balaban J connectivity index is 1.25. The van der Waals surface area contributed by atoms with Crippen molar-refractivity contribution in [3.63, 3.8) is 0 Å². The zero-order chi connectivity index (χ0) is 20.4. The van der Waals surface area contributed by atoms with Crippen LogP contribution in [0.3, 0.4) is 0 Å². The molecular weight excluding hydrogens is 376 g/mol. The molecule has 1 N–H and O–H groups in total. The molecule has 0 aromatic heterocycles. The molecule has 0 spiro atoms. The van der Waals surface area contributed by atoms with E-state index in [1.807, 2.05) is 12.1 Å². The van der Waals surface area contributed by atoms with Gasteiger partial charge in [0.05, 0.1) is 24.2 Å². The van der Waals surface area contributed by atoms with Gasteiger partial charge in [-0.3, -0.25) is 14.4 Å². The second-order valence-corrected chi connectivity index (χ2v) is 6.73. The topological polar surface area (TPSA) is 102 Å². The summed E-state index contributed by atoms with van der Waals surface area (Å²) in [6, 6.07) is 11.8. The second kappa shape index (κ2) is 7.75. The number of nitrogens with zero attached hydrogens (tertiary/aromatic N) is 1. The summed E-state index contributed by atoms with van der Waals surface area (Å²) in [7, 11) is 0.